The Bertz CT molecular complexity index is 741. The third-order valence-corrected chi connectivity index (χ3v) is 6.06. The van der Waals surface area contributed by atoms with Crippen LogP contribution in [-0.2, 0) is 19.4 Å². The van der Waals surface area contributed by atoms with E-state index in [0.29, 0.717) is 0 Å². The highest BCUT2D eigenvalue weighted by Gasteiger charge is 2.19. The van der Waals surface area contributed by atoms with Crippen molar-refractivity contribution in [1.82, 2.24) is 4.90 Å². The molecule has 0 N–H and O–H groups in total. The van der Waals surface area contributed by atoms with Gasteiger partial charge in [0, 0.05) is 18.0 Å². The summed E-state index contributed by atoms with van der Waals surface area (Å²) in [5.74, 6) is 1.64. The average Bonchev–Trinajstić information content (AvgIpc) is 3.14. The number of nitrogens with zero attached hydrogens (tertiary/aromatic N) is 1. The highest BCUT2D eigenvalue weighted by molar-refractivity contribution is 7.13. The monoisotopic (exact) mass is 373 g/mol. The van der Waals surface area contributed by atoms with Crippen LogP contribution in [0.5, 0.6) is 11.5 Å². The van der Waals surface area contributed by atoms with Crippen molar-refractivity contribution in [3.05, 3.63) is 45.1 Å². The second-order valence-electron chi connectivity index (χ2n) is 6.73. The molecule has 2 aromatic rings. The molecule has 0 unspecified atom stereocenters. The van der Waals surface area contributed by atoms with Crippen molar-refractivity contribution in [3.63, 3.8) is 0 Å². The first kappa shape index (κ1) is 18.9. The molecule has 3 rings (SSSR count). The number of rotatable bonds is 9. The Kier molecular flexibility index (Phi) is 6.69. The number of carbonyl (C=O) groups excluding carboxylic acids is 1. The van der Waals surface area contributed by atoms with Gasteiger partial charge in [0.25, 0.3) is 0 Å². The average molecular weight is 374 g/mol. The Morgan fingerprint density at radius 2 is 1.85 bits per heavy atom. The van der Waals surface area contributed by atoms with E-state index < -0.39 is 0 Å². The van der Waals surface area contributed by atoms with Crippen LogP contribution in [0.1, 0.15) is 44.9 Å². The summed E-state index contributed by atoms with van der Waals surface area (Å²) in [5.41, 5.74) is 2.73. The molecular weight excluding hydrogens is 346 g/mol. The van der Waals surface area contributed by atoms with Crippen LogP contribution in [-0.4, -0.2) is 38.5 Å². The molecule has 0 fully saturated rings. The summed E-state index contributed by atoms with van der Waals surface area (Å²) in [5, 5.41) is 0. The number of benzene rings is 1. The van der Waals surface area contributed by atoms with Crippen LogP contribution in [0.2, 0.25) is 0 Å². The Morgan fingerprint density at radius 1 is 1.08 bits per heavy atom. The first-order valence-corrected chi connectivity index (χ1v) is 10.0. The Hall–Kier alpha value is -1.85. The van der Waals surface area contributed by atoms with Crippen LogP contribution in [0.3, 0.4) is 0 Å². The standard InChI is InChI=1S/C21H27NO3S/c1-24-20-12-16-9-11-22(14-17(16)13-21(20)25-2)10-5-3-4-6-18-7-8-19(15-23)26-18/h7-8,12-13,15H,3-6,9-11,14H2,1-2H3. The maximum Gasteiger partial charge on any atom is 0.161 e. The first-order chi connectivity index (χ1) is 12.7. The third-order valence-electron chi connectivity index (χ3n) is 4.99. The van der Waals surface area contributed by atoms with Gasteiger partial charge in [0.2, 0.25) is 0 Å². The number of hydrogen-bond acceptors (Lipinski definition) is 5. The van der Waals surface area contributed by atoms with Gasteiger partial charge in [0.05, 0.1) is 19.1 Å². The van der Waals surface area contributed by atoms with E-state index in [2.05, 4.69) is 23.1 Å². The fraction of sp³-hybridized carbons (Fsp3) is 0.476. The molecule has 1 aliphatic heterocycles. The maximum atomic E-state index is 10.7. The van der Waals surface area contributed by atoms with Gasteiger partial charge in [0.15, 0.2) is 17.8 Å². The molecule has 0 saturated heterocycles. The lowest BCUT2D eigenvalue weighted by Crippen LogP contribution is -2.31. The molecule has 2 heterocycles. The van der Waals surface area contributed by atoms with Crippen molar-refractivity contribution in [3.8, 4) is 11.5 Å². The Morgan fingerprint density at radius 3 is 2.54 bits per heavy atom. The fourth-order valence-corrected chi connectivity index (χ4v) is 4.41. The van der Waals surface area contributed by atoms with Crippen molar-refractivity contribution in [2.45, 2.75) is 38.6 Å². The highest BCUT2D eigenvalue weighted by atomic mass is 32.1. The van der Waals surface area contributed by atoms with Crippen molar-refractivity contribution in [1.29, 1.82) is 0 Å². The van der Waals surface area contributed by atoms with Gasteiger partial charge < -0.3 is 9.47 Å². The number of unbranched alkanes of at least 4 members (excludes halogenated alkanes) is 2. The molecule has 0 bridgehead atoms. The van der Waals surface area contributed by atoms with Crippen LogP contribution in [0.25, 0.3) is 0 Å². The normalized spacial score (nSPS) is 14.1. The molecule has 4 nitrogen and oxygen atoms in total. The fourth-order valence-electron chi connectivity index (χ4n) is 3.54. The van der Waals surface area contributed by atoms with Crippen LogP contribution < -0.4 is 9.47 Å². The zero-order chi connectivity index (χ0) is 18.4. The molecule has 1 aliphatic rings. The summed E-state index contributed by atoms with van der Waals surface area (Å²) in [7, 11) is 3.38. The predicted octanol–water partition coefficient (Wildman–Crippen LogP) is 4.35. The smallest absolute Gasteiger partial charge is 0.161 e. The third kappa shape index (κ3) is 4.65. The number of thiophene rings is 1. The Labute approximate surface area is 159 Å². The van der Waals surface area contributed by atoms with Crippen LogP contribution in [0.4, 0.5) is 0 Å². The van der Waals surface area contributed by atoms with E-state index in [9.17, 15) is 4.79 Å². The lowest BCUT2D eigenvalue weighted by Gasteiger charge is -2.29. The minimum atomic E-state index is 0.818. The van der Waals surface area contributed by atoms with E-state index in [1.807, 2.05) is 6.07 Å². The Balaban J connectivity index is 1.43. The van der Waals surface area contributed by atoms with Crippen LogP contribution >= 0.6 is 11.3 Å². The minimum Gasteiger partial charge on any atom is -0.493 e. The molecular formula is C21H27NO3S. The van der Waals surface area contributed by atoms with Crippen molar-refractivity contribution in [2.75, 3.05) is 27.3 Å². The predicted molar refractivity (Wildman–Crippen MR) is 106 cm³/mol. The molecule has 0 aliphatic carbocycles. The van der Waals surface area contributed by atoms with Crippen LogP contribution in [0, 0.1) is 0 Å². The molecule has 0 amide bonds. The van der Waals surface area contributed by atoms with E-state index in [4.69, 9.17) is 9.47 Å². The van der Waals surface area contributed by atoms with E-state index in [1.54, 1.807) is 25.6 Å². The summed E-state index contributed by atoms with van der Waals surface area (Å²) in [6.07, 6.45) is 6.72. The topological polar surface area (TPSA) is 38.8 Å². The molecule has 0 saturated carbocycles. The van der Waals surface area contributed by atoms with Gasteiger partial charge in [-0.05, 0) is 67.6 Å². The van der Waals surface area contributed by atoms with Gasteiger partial charge in [-0.15, -0.1) is 11.3 Å². The van der Waals surface area contributed by atoms with Crippen molar-refractivity contribution < 1.29 is 14.3 Å². The summed E-state index contributed by atoms with van der Waals surface area (Å²) in [6.45, 7) is 3.23. The maximum absolute atomic E-state index is 10.7. The second-order valence-corrected chi connectivity index (χ2v) is 7.93. The van der Waals surface area contributed by atoms with Crippen molar-refractivity contribution in [2.24, 2.45) is 0 Å². The number of aldehydes is 1. The second kappa shape index (κ2) is 9.19. The summed E-state index contributed by atoms with van der Waals surface area (Å²) < 4.78 is 10.8. The van der Waals surface area contributed by atoms with Crippen LogP contribution in [0.15, 0.2) is 24.3 Å². The van der Waals surface area contributed by atoms with Gasteiger partial charge in [-0.25, -0.2) is 0 Å². The number of hydrogen-bond donors (Lipinski definition) is 0. The van der Waals surface area contributed by atoms with Gasteiger partial charge in [-0.3, -0.25) is 9.69 Å². The molecule has 5 heteroatoms. The largest absolute Gasteiger partial charge is 0.493 e. The summed E-state index contributed by atoms with van der Waals surface area (Å²) in [4.78, 5) is 15.4. The molecule has 26 heavy (non-hydrogen) atoms. The number of methoxy groups -OCH3 is 2. The van der Waals surface area contributed by atoms with E-state index >= 15 is 0 Å². The number of ether oxygens (including phenoxy) is 2. The lowest BCUT2D eigenvalue weighted by molar-refractivity contribution is 0.112. The summed E-state index contributed by atoms with van der Waals surface area (Å²) in [6, 6.07) is 8.25. The lowest BCUT2D eigenvalue weighted by atomic mass is 9.98. The molecule has 1 aromatic carbocycles. The highest BCUT2D eigenvalue weighted by Crippen LogP contribution is 2.33. The van der Waals surface area contributed by atoms with Gasteiger partial charge in [-0.2, -0.15) is 0 Å². The molecule has 0 spiro atoms. The van der Waals surface area contributed by atoms with Gasteiger partial charge >= 0.3 is 0 Å². The van der Waals surface area contributed by atoms with Gasteiger partial charge in [-0.1, -0.05) is 6.42 Å². The molecule has 0 atom stereocenters. The number of aryl methyl sites for hydroxylation is 1. The van der Waals surface area contributed by atoms with Crippen molar-refractivity contribution >= 4 is 17.6 Å². The number of carbonyl (C=O) groups is 1. The van der Waals surface area contributed by atoms with E-state index in [1.165, 1.54) is 35.3 Å². The molecule has 1 aromatic heterocycles. The molecule has 140 valence electrons. The SMILES string of the molecule is COc1cc2c(cc1OC)CN(CCCCCc1ccc(C=O)s1)CC2. The summed E-state index contributed by atoms with van der Waals surface area (Å²) >= 11 is 1.62. The zero-order valence-corrected chi connectivity index (χ0v) is 16.4. The minimum absolute atomic E-state index is 0.818. The van der Waals surface area contributed by atoms with E-state index in [-0.39, 0.29) is 0 Å². The molecule has 0 radical (unpaired) electrons. The first-order valence-electron chi connectivity index (χ1n) is 9.23. The van der Waals surface area contributed by atoms with E-state index in [0.717, 1.165) is 55.1 Å². The number of fused-ring (bicyclic) bond motifs is 1. The van der Waals surface area contributed by atoms with Gasteiger partial charge in [0.1, 0.15) is 0 Å². The zero-order valence-electron chi connectivity index (χ0n) is 15.6. The quantitative estimate of drug-likeness (QED) is 0.484.